The number of H-pyrrole nitrogens is 1. The first-order valence-electron chi connectivity index (χ1n) is 4.68. The van der Waals surface area contributed by atoms with E-state index in [-0.39, 0.29) is 5.56 Å². The first kappa shape index (κ1) is 12.5. The Labute approximate surface area is 90.4 Å². The van der Waals surface area contributed by atoms with Gasteiger partial charge in [0.1, 0.15) is 6.54 Å². The maximum Gasteiger partial charge on any atom is 0.406 e. The summed E-state index contributed by atoms with van der Waals surface area (Å²) in [6.07, 6.45) is -1.92. The number of rotatable bonds is 3. The number of aromatic amines is 1. The minimum absolute atomic E-state index is 0.123. The Morgan fingerprint density at radius 3 is 2.56 bits per heavy atom. The quantitative estimate of drug-likeness (QED) is 0.868. The lowest BCUT2D eigenvalue weighted by molar-refractivity contribution is -0.143. The van der Waals surface area contributed by atoms with Gasteiger partial charge in [-0.25, -0.2) is 0 Å². The fourth-order valence-corrected chi connectivity index (χ4v) is 1.22. The van der Waals surface area contributed by atoms with Gasteiger partial charge in [0.2, 0.25) is 0 Å². The molecule has 0 saturated carbocycles. The van der Waals surface area contributed by atoms with Crippen LogP contribution in [0, 0.1) is 0 Å². The summed E-state index contributed by atoms with van der Waals surface area (Å²) < 4.78 is 36.8. The Hall–Kier alpha value is -1.53. The molecule has 1 rings (SSSR count). The van der Waals surface area contributed by atoms with Crippen LogP contribution in [-0.4, -0.2) is 39.8 Å². The molecule has 90 valence electrons. The molecular formula is C9H12F3N3O. The zero-order valence-electron chi connectivity index (χ0n) is 8.88. The van der Waals surface area contributed by atoms with Crippen LogP contribution in [0.2, 0.25) is 0 Å². The van der Waals surface area contributed by atoms with E-state index < -0.39 is 24.7 Å². The summed E-state index contributed by atoms with van der Waals surface area (Å²) in [5.74, 6) is -0.680. The van der Waals surface area contributed by atoms with E-state index in [0.717, 1.165) is 4.90 Å². The number of hydrogen-bond acceptors (Lipinski definition) is 2. The topological polar surface area (TPSA) is 49.0 Å². The van der Waals surface area contributed by atoms with Gasteiger partial charge in [-0.2, -0.15) is 18.3 Å². The number of nitrogens with zero attached hydrogens (tertiary/aromatic N) is 2. The fourth-order valence-electron chi connectivity index (χ4n) is 1.22. The van der Waals surface area contributed by atoms with Gasteiger partial charge in [0.05, 0.1) is 11.8 Å². The maximum atomic E-state index is 12.3. The molecule has 16 heavy (non-hydrogen) atoms. The smallest absolute Gasteiger partial charge is 0.327 e. The van der Waals surface area contributed by atoms with Gasteiger partial charge >= 0.3 is 6.18 Å². The third-order valence-electron chi connectivity index (χ3n) is 1.98. The predicted octanol–water partition coefficient (Wildman–Crippen LogP) is 1.82. The van der Waals surface area contributed by atoms with Crippen LogP contribution in [0.1, 0.15) is 24.2 Å². The summed E-state index contributed by atoms with van der Waals surface area (Å²) in [6.45, 7) is 1.81. The second kappa shape index (κ2) is 4.54. The lowest BCUT2D eigenvalue weighted by Gasteiger charge is -2.27. The van der Waals surface area contributed by atoms with Crippen LogP contribution in [0.15, 0.2) is 12.4 Å². The Bertz CT molecular complexity index is 345. The third-order valence-corrected chi connectivity index (χ3v) is 1.98. The van der Waals surface area contributed by atoms with Crippen molar-refractivity contribution in [1.29, 1.82) is 0 Å². The molecule has 0 aromatic carbocycles. The first-order valence-corrected chi connectivity index (χ1v) is 4.68. The molecule has 1 N–H and O–H groups in total. The Morgan fingerprint density at radius 1 is 1.56 bits per heavy atom. The standard InChI is InChI=1S/C9H12F3N3O/c1-6(2)15(5-9(10,11)12)8(16)7-3-13-14-4-7/h3-4,6H,5H2,1-2H3,(H,13,14). The molecule has 4 nitrogen and oxygen atoms in total. The Kier molecular flexibility index (Phi) is 3.56. The van der Waals surface area contributed by atoms with Crippen molar-refractivity contribution in [2.45, 2.75) is 26.1 Å². The average molecular weight is 235 g/mol. The van der Waals surface area contributed by atoms with Crippen molar-refractivity contribution >= 4 is 5.91 Å². The lowest BCUT2D eigenvalue weighted by atomic mass is 10.2. The number of halogens is 3. The van der Waals surface area contributed by atoms with E-state index in [2.05, 4.69) is 10.2 Å². The van der Waals surface area contributed by atoms with E-state index in [1.54, 1.807) is 0 Å². The highest BCUT2D eigenvalue weighted by atomic mass is 19.4. The van der Waals surface area contributed by atoms with E-state index in [1.807, 2.05) is 0 Å². The molecule has 0 saturated heterocycles. The van der Waals surface area contributed by atoms with Gasteiger partial charge in [0.15, 0.2) is 0 Å². The molecule has 0 fully saturated rings. The summed E-state index contributed by atoms with van der Waals surface area (Å²) in [4.78, 5) is 12.4. The van der Waals surface area contributed by atoms with Crippen LogP contribution in [-0.2, 0) is 0 Å². The SMILES string of the molecule is CC(C)N(CC(F)(F)F)C(=O)c1cn[nH]c1. The third kappa shape index (κ3) is 3.25. The van der Waals surface area contributed by atoms with Crippen LogP contribution in [0.3, 0.4) is 0 Å². The largest absolute Gasteiger partial charge is 0.406 e. The monoisotopic (exact) mass is 235 g/mol. The molecule has 0 unspecified atom stereocenters. The molecule has 7 heteroatoms. The second-order valence-electron chi connectivity index (χ2n) is 3.63. The van der Waals surface area contributed by atoms with Crippen molar-refractivity contribution in [2.24, 2.45) is 0 Å². The molecule has 1 aromatic heterocycles. The van der Waals surface area contributed by atoms with Crippen molar-refractivity contribution in [3.63, 3.8) is 0 Å². The van der Waals surface area contributed by atoms with Gasteiger partial charge in [0, 0.05) is 12.2 Å². The highest BCUT2D eigenvalue weighted by Crippen LogP contribution is 2.19. The molecule has 0 bridgehead atoms. The Morgan fingerprint density at radius 2 is 2.19 bits per heavy atom. The summed E-state index contributed by atoms with van der Waals surface area (Å²) in [6, 6.07) is -0.524. The highest BCUT2D eigenvalue weighted by molar-refractivity contribution is 5.93. The maximum absolute atomic E-state index is 12.3. The molecule has 0 aliphatic rings. The van der Waals surface area contributed by atoms with Crippen molar-refractivity contribution in [1.82, 2.24) is 15.1 Å². The van der Waals surface area contributed by atoms with Crippen molar-refractivity contribution in [2.75, 3.05) is 6.54 Å². The number of alkyl halides is 3. The molecular weight excluding hydrogens is 223 g/mol. The summed E-state index contributed by atoms with van der Waals surface area (Å²) in [7, 11) is 0. The lowest BCUT2D eigenvalue weighted by Crippen LogP contribution is -2.43. The zero-order chi connectivity index (χ0) is 12.3. The van der Waals surface area contributed by atoms with E-state index in [1.165, 1.54) is 26.2 Å². The molecule has 0 spiro atoms. The summed E-state index contributed by atoms with van der Waals surface area (Å²) in [5, 5.41) is 5.92. The van der Waals surface area contributed by atoms with E-state index in [9.17, 15) is 18.0 Å². The molecule has 0 radical (unpaired) electrons. The molecule has 0 aliphatic carbocycles. The number of amides is 1. The van der Waals surface area contributed by atoms with E-state index in [0.29, 0.717) is 0 Å². The van der Waals surface area contributed by atoms with Crippen molar-refractivity contribution in [3.8, 4) is 0 Å². The fraction of sp³-hybridized carbons (Fsp3) is 0.556. The van der Waals surface area contributed by atoms with Gasteiger partial charge in [0.25, 0.3) is 5.91 Å². The molecule has 1 aromatic rings. The van der Waals surface area contributed by atoms with Gasteiger partial charge in [-0.15, -0.1) is 0 Å². The Balaban J connectivity index is 2.83. The number of carbonyl (C=O) groups excluding carboxylic acids is 1. The molecule has 1 amide bonds. The molecule has 1 heterocycles. The van der Waals surface area contributed by atoms with Crippen LogP contribution < -0.4 is 0 Å². The second-order valence-corrected chi connectivity index (χ2v) is 3.63. The van der Waals surface area contributed by atoms with Crippen LogP contribution in [0.4, 0.5) is 13.2 Å². The number of carbonyl (C=O) groups is 1. The van der Waals surface area contributed by atoms with Crippen LogP contribution in [0.25, 0.3) is 0 Å². The highest BCUT2D eigenvalue weighted by Gasteiger charge is 2.34. The van der Waals surface area contributed by atoms with Gasteiger partial charge in [-0.3, -0.25) is 9.89 Å². The normalized spacial score (nSPS) is 11.9. The predicted molar refractivity (Wildman–Crippen MR) is 50.8 cm³/mol. The minimum atomic E-state index is -4.40. The van der Waals surface area contributed by atoms with Gasteiger partial charge in [-0.05, 0) is 13.8 Å². The first-order chi connectivity index (χ1) is 7.31. The van der Waals surface area contributed by atoms with Crippen molar-refractivity contribution < 1.29 is 18.0 Å². The van der Waals surface area contributed by atoms with Crippen molar-refractivity contribution in [3.05, 3.63) is 18.0 Å². The average Bonchev–Trinajstić information content (AvgIpc) is 2.63. The number of aromatic nitrogens is 2. The van der Waals surface area contributed by atoms with E-state index >= 15 is 0 Å². The number of nitrogens with one attached hydrogen (secondary N) is 1. The minimum Gasteiger partial charge on any atom is -0.327 e. The van der Waals surface area contributed by atoms with Gasteiger partial charge in [-0.1, -0.05) is 0 Å². The van der Waals surface area contributed by atoms with Crippen LogP contribution in [0.5, 0.6) is 0 Å². The van der Waals surface area contributed by atoms with E-state index in [4.69, 9.17) is 0 Å². The van der Waals surface area contributed by atoms with Crippen LogP contribution >= 0.6 is 0 Å². The summed E-state index contributed by atoms with van der Waals surface area (Å²) >= 11 is 0. The molecule has 0 atom stereocenters. The van der Waals surface area contributed by atoms with Gasteiger partial charge < -0.3 is 4.90 Å². The molecule has 0 aliphatic heterocycles. The number of hydrogen-bond donors (Lipinski definition) is 1. The zero-order valence-corrected chi connectivity index (χ0v) is 8.88. The summed E-state index contributed by atoms with van der Waals surface area (Å²) in [5.41, 5.74) is 0.123.